The van der Waals surface area contributed by atoms with Gasteiger partial charge in [-0.15, -0.1) is 12.4 Å². The van der Waals surface area contributed by atoms with Gasteiger partial charge in [-0.25, -0.2) is 0 Å². The quantitative estimate of drug-likeness (QED) is 0.779. The molecule has 1 aromatic carbocycles. The van der Waals surface area contributed by atoms with E-state index in [1.54, 1.807) is 24.3 Å². The molecule has 5 nitrogen and oxygen atoms in total. The molecule has 1 aromatic rings. The van der Waals surface area contributed by atoms with Crippen molar-refractivity contribution in [3.63, 3.8) is 0 Å². The van der Waals surface area contributed by atoms with Crippen LogP contribution in [0.1, 0.15) is 50.4 Å². The Morgan fingerprint density at radius 2 is 1.71 bits per heavy atom. The molecule has 1 aliphatic heterocycles. The molecule has 0 bridgehead atoms. The molecule has 1 aliphatic rings. The first kappa shape index (κ1) is 20.5. The van der Waals surface area contributed by atoms with E-state index in [0.29, 0.717) is 17.9 Å². The molecule has 0 aromatic heterocycles. The molecule has 1 saturated heterocycles. The Morgan fingerprint density at radius 1 is 1.12 bits per heavy atom. The summed E-state index contributed by atoms with van der Waals surface area (Å²) >= 11 is 0. The first-order valence-corrected chi connectivity index (χ1v) is 8.27. The van der Waals surface area contributed by atoms with Crippen LogP contribution in [0.3, 0.4) is 0 Å². The van der Waals surface area contributed by atoms with Gasteiger partial charge in [-0.1, -0.05) is 0 Å². The van der Waals surface area contributed by atoms with Crippen LogP contribution in [0, 0.1) is 5.92 Å². The highest BCUT2D eigenvalue weighted by molar-refractivity contribution is 5.96. The third kappa shape index (κ3) is 6.89. The molecule has 0 atom stereocenters. The summed E-state index contributed by atoms with van der Waals surface area (Å²) in [5.74, 6) is 0.405. The molecule has 0 unspecified atom stereocenters. The lowest BCUT2D eigenvalue weighted by molar-refractivity contribution is -0.117. The molecule has 1 heterocycles. The third-order valence-electron chi connectivity index (χ3n) is 3.85. The van der Waals surface area contributed by atoms with E-state index in [4.69, 9.17) is 0 Å². The zero-order valence-electron chi connectivity index (χ0n) is 14.6. The second-order valence-electron chi connectivity index (χ2n) is 7.23. The zero-order chi connectivity index (χ0) is 16.9. The van der Waals surface area contributed by atoms with E-state index < -0.39 is 0 Å². The first-order chi connectivity index (χ1) is 10.8. The fourth-order valence-corrected chi connectivity index (χ4v) is 2.68. The SMILES string of the molecule is CC(C)(C)NC(=O)c1ccc(NC(=O)CC2CCNCC2)cc1.Cl. The van der Waals surface area contributed by atoms with Gasteiger partial charge in [0.15, 0.2) is 0 Å². The van der Waals surface area contributed by atoms with E-state index in [2.05, 4.69) is 16.0 Å². The van der Waals surface area contributed by atoms with Gasteiger partial charge < -0.3 is 16.0 Å². The summed E-state index contributed by atoms with van der Waals surface area (Å²) in [4.78, 5) is 24.1. The summed E-state index contributed by atoms with van der Waals surface area (Å²) < 4.78 is 0. The summed E-state index contributed by atoms with van der Waals surface area (Å²) in [5, 5.41) is 9.13. The Balaban J connectivity index is 0.00000288. The molecule has 0 aliphatic carbocycles. The summed E-state index contributed by atoms with van der Waals surface area (Å²) in [6.45, 7) is 7.83. The second kappa shape index (κ2) is 9.04. The van der Waals surface area contributed by atoms with Crippen molar-refractivity contribution in [2.24, 2.45) is 5.92 Å². The smallest absolute Gasteiger partial charge is 0.251 e. The van der Waals surface area contributed by atoms with E-state index in [0.717, 1.165) is 31.6 Å². The minimum absolute atomic E-state index is 0. The van der Waals surface area contributed by atoms with Gasteiger partial charge >= 0.3 is 0 Å². The molecular weight excluding hydrogens is 326 g/mol. The van der Waals surface area contributed by atoms with Crippen LogP contribution in [0.4, 0.5) is 5.69 Å². The Bertz CT molecular complexity index is 546. The predicted octanol–water partition coefficient (Wildman–Crippen LogP) is 2.96. The van der Waals surface area contributed by atoms with E-state index in [9.17, 15) is 9.59 Å². The van der Waals surface area contributed by atoms with E-state index >= 15 is 0 Å². The van der Waals surface area contributed by atoms with Crippen LogP contribution in [-0.4, -0.2) is 30.4 Å². The average Bonchev–Trinajstić information content (AvgIpc) is 2.47. The second-order valence-corrected chi connectivity index (χ2v) is 7.23. The highest BCUT2D eigenvalue weighted by atomic mass is 35.5. The van der Waals surface area contributed by atoms with E-state index in [-0.39, 0.29) is 29.8 Å². The van der Waals surface area contributed by atoms with Gasteiger partial charge in [0.05, 0.1) is 0 Å². The molecule has 2 amide bonds. The molecule has 0 radical (unpaired) electrons. The highest BCUT2D eigenvalue weighted by Gasteiger charge is 2.17. The lowest BCUT2D eigenvalue weighted by atomic mass is 9.94. The molecule has 134 valence electrons. The van der Waals surface area contributed by atoms with Crippen LogP contribution in [0.15, 0.2) is 24.3 Å². The number of amides is 2. The van der Waals surface area contributed by atoms with Gasteiger partial charge in [0.1, 0.15) is 0 Å². The molecule has 2 rings (SSSR count). The Hall–Kier alpha value is -1.59. The molecule has 24 heavy (non-hydrogen) atoms. The molecule has 0 spiro atoms. The summed E-state index contributed by atoms with van der Waals surface area (Å²) in [7, 11) is 0. The Labute approximate surface area is 150 Å². The average molecular weight is 354 g/mol. The minimum atomic E-state index is -0.265. The van der Waals surface area contributed by atoms with E-state index in [1.165, 1.54) is 0 Å². The van der Waals surface area contributed by atoms with Crippen LogP contribution in [0.5, 0.6) is 0 Å². The van der Waals surface area contributed by atoms with Crippen molar-refractivity contribution < 1.29 is 9.59 Å². The minimum Gasteiger partial charge on any atom is -0.347 e. The number of hydrogen-bond donors (Lipinski definition) is 3. The van der Waals surface area contributed by atoms with E-state index in [1.807, 2.05) is 20.8 Å². The molecule has 1 fully saturated rings. The van der Waals surface area contributed by atoms with Crippen LogP contribution < -0.4 is 16.0 Å². The van der Waals surface area contributed by atoms with Crippen molar-refractivity contribution in [3.8, 4) is 0 Å². The van der Waals surface area contributed by atoms with Gasteiger partial charge in [0.25, 0.3) is 5.91 Å². The number of anilines is 1. The Kier molecular flexibility index (Phi) is 7.70. The largest absolute Gasteiger partial charge is 0.347 e. The summed E-state index contributed by atoms with van der Waals surface area (Å²) in [6.07, 6.45) is 2.67. The van der Waals surface area contributed by atoms with Crippen LogP contribution >= 0.6 is 12.4 Å². The number of carbonyl (C=O) groups is 2. The fourth-order valence-electron chi connectivity index (χ4n) is 2.68. The number of rotatable bonds is 4. The number of nitrogens with one attached hydrogen (secondary N) is 3. The van der Waals surface area contributed by atoms with Crippen molar-refractivity contribution in [2.75, 3.05) is 18.4 Å². The topological polar surface area (TPSA) is 70.2 Å². The molecule has 6 heteroatoms. The van der Waals surface area contributed by atoms with Gasteiger partial charge in [0, 0.05) is 23.2 Å². The summed E-state index contributed by atoms with van der Waals surface area (Å²) in [6, 6.07) is 7.03. The first-order valence-electron chi connectivity index (χ1n) is 8.27. The fraction of sp³-hybridized carbons (Fsp3) is 0.556. The maximum absolute atomic E-state index is 12.1. The van der Waals surface area contributed by atoms with Gasteiger partial charge in [-0.2, -0.15) is 0 Å². The third-order valence-corrected chi connectivity index (χ3v) is 3.85. The van der Waals surface area contributed by atoms with Gasteiger partial charge in [-0.05, 0) is 76.9 Å². The highest BCUT2D eigenvalue weighted by Crippen LogP contribution is 2.17. The maximum Gasteiger partial charge on any atom is 0.251 e. The van der Waals surface area contributed by atoms with Gasteiger partial charge in [-0.3, -0.25) is 9.59 Å². The lowest BCUT2D eigenvalue weighted by Crippen LogP contribution is -2.40. The summed E-state index contributed by atoms with van der Waals surface area (Å²) in [5.41, 5.74) is 1.06. The standard InChI is InChI=1S/C18H27N3O2.ClH/c1-18(2,3)21-17(23)14-4-6-15(7-5-14)20-16(22)12-13-8-10-19-11-9-13;/h4-7,13,19H,8-12H2,1-3H3,(H,20,22)(H,21,23);1H. The Morgan fingerprint density at radius 3 is 2.25 bits per heavy atom. The lowest BCUT2D eigenvalue weighted by Gasteiger charge is -2.22. The molecule has 0 saturated carbocycles. The number of benzene rings is 1. The normalized spacial score (nSPS) is 15.3. The molecular formula is C18H28ClN3O2. The van der Waals surface area contributed by atoms with Crippen molar-refractivity contribution in [1.29, 1.82) is 0 Å². The number of halogens is 1. The van der Waals surface area contributed by atoms with Gasteiger partial charge in [0.2, 0.25) is 5.91 Å². The zero-order valence-corrected chi connectivity index (χ0v) is 15.5. The number of carbonyl (C=O) groups excluding carboxylic acids is 2. The number of piperidine rings is 1. The van der Waals surface area contributed by atoms with Crippen LogP contribution in [0.25, 0.3) is 0 Å². The van der Waals surface area contributed by atoms with Crippen molar-refractivity contribution >= 4 is 29.9 Å². The van der Waals surface area contributed by atoms with Crippen molar-refractivity contribution in [1.82, 2.24) is 10.6 Å². The molecule has 3 N–H and O–H groups in total. The maximum atomic E-state index is 12.1. The van der Waals surface area contributed by atoms with Crippen LogP contribution in [-0.2, 0) is 4.79 Å². The monoisotopic (exact) mass is 353 g/mol. The van der Waals surface area contributed by atoms with Crippen LogP contribution in [0.2, 0.25) is 0 Å². The predicted molar refractivity (Wildman–Crippen MR) is 99.7 cm³/mol. The van der Waals surface area contributed by atoms with Crippen molar-refractivity contribution in [2.45, 2.75) is 45.6 Å². The van der Waals surface area contributed by atoms with Crippen molar-refractivity contribution in [3.05, 3.63) is 29.8 Å². The number of hydrogen-bond acceptors (Lipinski definition) is 3.